The van der Waals surface area contributed by atoms with Crippen LogP contribution in [0.5, 0.6) is 5.75 Å². The lowest BCUT2D eigenvalue weighted by atomic mass is 9.83. The lowest BCUT2D eigenvalue weighted by Gasteiger charge is -2.30. The van der Waals surface area contributed by atoms with E-state index < -0.39 is 60.9 Å². The first-order valence-corrected chi connectivity index (χ1v) is 17.5. The van der Waals surface area contributed by atoms with E-state index in [1.165, 1.54) is 18.9 Å². The summed E-state index contributed by atoms with van der Waals surface area (Å²) in [6, 6.07) is 5.43. The number of carboxylic acids is 1. The highest BCUT2D eigenvalue weighted by Crippen LogP contribution is 2.25. The van der Waals surface area contributed by atoms with Crippen molar-refractivity contribution in [2.24, 2.45) is 5.92 Å². The molecule has 0 radical (unpaired) electrons. The highest BCUT2D eigenvalue weighted by molar-refractivity contribution is 5.94. The third-order valence-electron chi connectivity index (χ3n) is 8.24. The maximum Gasteiger partial charge on any atom is 0.336 e. The van der Waals surface area contributed by atoms with Crippen LogP contribution in [0.3, 0.4) is 0 Å². The lowest BCUT2D eigenvalue weighted by Crippen LogP contribution is -2.56. The van der Waals surface area contributed by atoms with Crippen LogP contribution in [-0.4, -0.2) is 83.4 Å². The number of amides is 2. The number of ketones is 1. The molecule has 0 unspecified atom stereocenters. The first-order valence-electron chi connectivity index (χ1n) is 17.5. The highest BCUT2D eigenvalue weighted by Gasteiger charge is 2.47. The number of nitrogens with one attached hydrogen (secondary N) is 2. The van der Waals surface area contributed by atoms with Crippen LogP contribution in [-0.2, 0) is 35.1 Å². The molecule has 0 aromatic heterocycles. The number of esters is 1. The van der Waals surface area contributed by atoms with E-state index in [1.54, 1.807) is 37.3 Å². The molecule has 1 aromatic carbocycles. The molecular weight excluding hydrogens is 644 g/mol. The molecule has 0 aliphatic heterocycles. The Morgan fingerprint density at radius 1 is 0.940 bits per heavy atom. The molecule has 278 valence electrons. The summed E-state index contributed by atoms with van der Waals surface area (Å²) in [4.78, 5) is 62.9. The van der Waals surface area contributed by atoms with Crippen molar-refractivity contribution in [3.63, 3.8) is 0 Å². The number of carbonyl (C=O) groups is 5. The molecule has 0 spiro atoms. The second kappa shape index (κ2) is 25.7. The fraction of sp³-hybridized carbons (Fsp3) is 0.605. The molecule has 3 atom stereocenters. The monoisotopic (exact) mass is 700 g/mol. The van der Waals surface area contributed by atoms with Crippen molar-refractivity contribution in [3.05, 3.63) is 42.0 Å². The Kier molecular flexibility index (Phi) is 22.5. The maximum absolute atomic E-state index is 13.7. The van der Waals surface area contributed by atoms with E-state index in [9.17, 15) is 39.3 Å². The average Bonchev–Trinajstić information content (AvgIpc) is 3.10. The zero-order valence-corrected chi connectivity index (χ0v) is 29.8. The molecule has 0 saturated carbocycles. The SMILES string of the molecule is CC#CCOc1ccc(C[C@H](NC(=O)[C@@H](/C=C/CCCCCCC(=O)CCCCCCC)[C@@](O)(CCO)C(=O)O)C(=O)NCC(=O)OC)cc1. The van der Waals surface area contributed by atoms with Gasteiger partial charge in [-0.3, -0.25) is 19.2 Å². The zero-order valence-electron chi connectivity index (χ0n) is 29.8. The van der Waals surface area contributed by atoms with Crippen LogP contribution in [0.25, 0.3) is 0 Å². The molecule has 0 bridgehead atoms. The van der Waals surface area contributed by atoms with E-state index in [0.29, 0.717) is 37.0 Å². The highest BCUT2D eigenvalue weighted by atomic mass is 16.5. The summed E-state index contributed by atoms with van der Waals surface area (Å²) in [6.07, 6.45) is 12.6. The molecule has 0 fully saturated rings. The fourth-order valence-corrected chi connectivity index (χ4v) is 5.22. The summed E-state index contributed by atoms with van der Waals surface area (Å²) in [7, 11) is 1.16. The number of rotatable bonds is 27. The lowest BCUT2D eigenvalue weighted by molar-refractivity contribution is -0.168. The van der Waals surface area contributed by atoms with Crippen molar-refractivity contribution in [3.8, 4) is 17.6 Å². The molecule has 1 rings (SSSR count). The third kappa shape index (κ3) is 17.4. The largest absolute Gasteiger partial charge is 0.481 e. The Morgan fingerprint density at radius 2 is 1.58 bits per heavy atom. The predicted molar refractivity (Wildman–Crippen MR) is 189 cm³/mol. The van der Waals surface area contributed by atoms with Gasteiger partial charge in [-0.15, -0.1) is 5.92 Å². The minimum atomic E-state index is -2.67. The molecule has 12 heteroatoms. The first kappa shape index (κ1) is 43.8. The van der Waals surface area contributed by atoms with Crippen molar-refractivity contribution >= 4 is 29.5 Å². The topological polar surface area (TPSA) is 189 Å². The van der Waals surface area contributed by atoms with Crippen molar-refractivity contribution in [2.75, 3.05) is 26.9 Å². The zero-order chi connectivity index (χ0) is 37.2. The molecule has 0 aliphatic carbocycles. The fourth-order valence-electron chi connectivity index (χ4n) is 5.22. The van der Waals surface area contributed by atoms with Gasteiger partial charge in [-0.2, -0.15) is 0 Å². The number of methoxy groups -OCH3 is 1. The van der Waals surface area contributed by atoms with Crippen molar-refractivity contribution < 1.29 is 48.8 Å². The van der Waals surface area contributed by atoms with Gasteiger partial charge in [0.1, 0.15) is 30.7 Å². The number of unbranched alkanes of at least 4 members (excludes halogenated alkanes) is 8. The maximum atomic E-state index is 13.7. The summed E-state index contributed by atoms with van der Waals surface area (Å²) in [5, 5.41) is 35.6. The van der Waals surface area contributed by atoms with Crippen LogP contribution in [0.1, 0.15) is 103 Å². The third-order valence-corrected chi connectivity index (χ3v) is 8.24. The van der Waals surface area contributed by atoms with Crippen LogP contribution in [0.4, 0.5) is 0 Å². The average molecular weight is 701 g/mol. The number of aliphatic carboxylic acids is 1. The Bertz CT molecular complexity index is 1280. The number of benzene rings is 1. The number of ether oxygens (including phenoxy) is 2. The molecule has 0 saturated heterocycles. The van der Waals surface area contributed by atoms with Gasteiger partial charge in [0.05, 0.1) is 13.0 Å². The van der Waals surface area contributed by atoms with Crippen LogP contribution < -0.4 is 15.4 Å². The van der Waals surface area contributed by atoms with Gasteiger partial charge in [0.15, 0.2) is 5.60 Å². The van der Waals surface area contributed by atoms with Gasteiger partial charge in [0, 0.05) is 32.3 Å². The summed E-state index contributed by atoms with van der Waals surface area (Å²) in [6.45, 7) is 2.87. The number of carbonyl (C=O) groups excluding carboxylic acids is 4. The summed E-state index contributed by atoms with van der Waals surface area (Å²) < 4.78 is 10.1. The van der Waals surface area contributed by atoms with E-state index in [1.807, 2.05) is 0 Å². The van der Waals surface area contributed by atoms with Crippen LogP contribution >= 0.6 is 0 Å². The quantitative estimate of drug-likeness (QED) is 0.0388. The van der Waals surface area contributed by atoms with E-state index in [-0.39, 0.29) is 18.8 Å². The number of aliphatic hydroxyl groups is 2. The number of carboxylic acid groups (broad SMARTS) is 1. The first-order chi connectivity index (χ1) is 24.0. The van der Waals surface area contributed by atoms with Gasteiger partial charge in [-0.1, -0.05) is 75.7 Å². The van der Waals surface area contributed by atoms with Gasteiger partial charge in [-0.05, 0) is 50.3 Å². The molecule has 50 heavy (non-hydrogen) atoms. The molecule has 0 aliphatic rings. The number of hydrogen-bond acceptors (Lipinski definition) is 9. The van der Waals surface area contributed by atoms with Gasteiger partial charge >= 0.3 is 11.9 Å². The Hall–Kier alpha value is -4.21. The van der Waals surface area contributed by atoms with E-state index in [4.69, 9.17) is 4.74 Å². The molecule has 1 aromatic rings. The standard InChI is InChI=1S/C38H56N2O10/c1-4-6-8-11-14-17-30(42)18-15-12-9-10-13-16-19-32(38(48,24-25-41)37(46)47)35(44)40-33(36(45)39-28-34(43)49-3)27-29-20-22-31(23-21-29)50-26-7-5-2/h16,19-23,32-33,41,48H,4,6,8-15,17-18,24-28H2,1-3H3,(H,39,45)(H,40,44)(H,46,47)/b19-16+/t32-,33+,38+/m1/s1. The van der Waals surface area contributed by atoms with E-state index in [0.717, 1.165) is 45.6 Å². The number of allylic oxidation sites excluding steroid dienone is 1. The molecule has 12 nitrogen and oxygen atoms in total. The van der Waals surface area contributed by atoms with Crippen molar-refractivity contribution in [1.82, 2.24) is 10.6 Å². The van der Waals surface area contributed by atoms with Gasteiger partial charge in [0.25, 0.3) is 0 Å². The number of aliphatic hydroxyl groups excluding tert-OH is 1. The predicted octanol–water partition coefficient (Wildman–Crippen LogP) is 4.05. The number of hydrogen-bond donors (Lipinski definition) is 5. The molecular formula is C38H56N2O10. The summed E-state index contributed by atoms with van der Waals surface area (Å²) in [5.74, 6) is 0.565. The second-order valence-electron chi connectivity index (χ2n) is 12.2. The second-order valence-corrected chi connectivity index (χ2v) is 12.2. The Morgan fingerprint density at radius 3 is 2.16 bits per heavy atom. The van der Waals surface area contributed by atoms with Crippen LogP contribution in [0, 0.1) is 17.8 Å². The van der Waals surface area contributed by atoms with Crippen molar-refractivity contribution in [1.29, 1.82) is 0 Å². The van der Waals surface area contributed by atoms with E-state index in [2.05, 4.69) is 34.1 Å². The van der Waals surface area contributed by atoms with Crippen LogP contribution in [0.15, 0.2) is 36.4 Å². The minimum absolute atomic E-state index is 0.0446. The Balaban J connectivity index is 2.98. The Labute approximate surface area is 296 Å². The summed E-state index contributed by atoms with van der Waals surface area (Å²) in [5.41, 5.74) is -2.05. The summed E-state index contributed by atoms with van der Waals surface area (Å²) >= 11 is 0. The smallest absolute Gasteiger partial charge is 0.336 e. The molecule has 2 amide bonds. The number of Topliss-reactive ketones (excluding diaryl/α,β-unsaturated/α-hetero) is 1. The van der Waals surface area contributed by atoms with Gasteiger partial charge in [-0.25, -0.2) is 4.79 Å². The van der Waals surface area contributed by atoms with Crippen LogP contribution in [0.2, 0.25) is 0 Å². The minimum Gasteiger partial charge on any atom is -0.481 e. The van der Waals surface area contributed by atoms with Crippen molar-refractivity contribution in [2.45, 2.75) is 115 Å². The van der Waals surface area contributed by atoms with Gasteiger partial charge < -0.3 is 35.4 Å². The van der Waals surface area contributed by atoms with Gasteiger partial charge in [0.2, 0.25) is 11.8 Å². The molecule has 5 N–H and O–H groups in total. The molecule has 0 heterocycles. The normalized spacial score (nSPS) is 13.3. The van der Waals surface area contributed by atoms with E-state index >= 15 is 0 Å².